The molecule has 4 rings (SSSR count). The number of carbonyl (C=O) groups is 1. The van der Waals surface area contributed by atoms with Crippen molar-refractivity contribution in [3.05, 3.63) is 45.2 Å². The van der Waals surface area contributed by atoms with Crippen LogP contribution in [0.15, 0.2) is 39.3 Å². The maximum atomic E-state index is 12.8. The van der Waals surface area contributed by atoms with E-state index in [1.807, 2.05) is 0 Å². The maximum absolute atomic E-state index is 12.8. The van der Waals surface area contributed by atoms with Crippen LogP contribution >= 0.6 is 22.9 Å². The Balaban J connectivity index is 1.57. The van der Waals surface area contributed by atoms with Crippen LogP contribution in [0.3, 0.4) is 0 Å². The second kappa shape index (κ2) is 6.79. The molecule has 1 aliphatic rings. The molecule has 1 fully saturated rings. The first-order chi connectivity index (χ1) is 12.8. The number of aromatic amines is 2. The lowest BCUT2D eigenvalue weighted by Crippen LogP contribution is -2.42. The summed E-state index contributed by atoms with van der Waals surface area (Å²) in [5, 5.41) is 2.74. The lowest BCUT2D eigenvalue weighted by molar-refractivity contribution is -0.119. The quantitative estimate of drug-likeness (QED) is 0.593. The van der Waals surface area contributed by atoms with Gasteiger partial charge in [0.1, 0.15) is 10.3 Å². The maximum Gasteiger partial charge on any atom is 0.323 e. The van der Waals surface area contributed by atoms with E-state index in [2.05, 4.69) is 15.3 Å². The van der Waals surface area contributed by atoms with Gasteiger partial charge in [-0.25, -0.2) is 13.2 Å². The number of nitrogens with zero attached hydrogens (tertiary/aromatic N) is 1. The summed E-state index contributed by atoms with van der Waals surface area (Å²) in [5.74, 6) is -0.407. The average molecular weight is 427 g/mol. The number of nitrogens with one attached hydrogen (secondary N) is 3. The normalized spacial score (nSPS) is 18.2. The van der Waals surface area contributed by atoms with Gasteiger partial charge in [0.25, 0.3) is 10.0 Å². The van der Waals surface area contributed by atoms with E-state index in [9.17, 15) is 18.0 Å². The molecule has 27 heavy (non-hydrogen) atoms. The Kier molecular flexibility index (Phi) is 4.58. The van der Waals surface area contributed by atoms with E-state index < -0.39 is 22.0 Å². The van der Waals surface area contributed by atoms with Crippen LogP contribution in [-0.4, -0.2) is 41.2 Å². The van der Waals surface area contributed by atoms with E-state index in [-0.39, 0.29) is 16.4 Å². The number of fused-ring (bicyclic) bond motifs is 1. The van der Waals surface area contributed by atoms with Crippen molar-refractivity contribution >= 4 is 55.6 Å². The van der Waals surface area contributed by atoms with Gasteiger partial charge in [0, 0.05) is 12.2 Å². The van der Waals surface area contributed by atoms with Crippen LogP contribution < -0.4 is 11.0 Å². The van der Waals surface area contributed by atoms with Crippen molar-refractivity contribution in [3.8, 4) is 0 Å². The highest BCUT2D eigenvalue weighted by Gasteiger charge is 2.40. The van der Waals surface area contributed by atoms with Crippen molar-refractivity contribution in [1.82, 2.24) is 14.3 Å². The van der Waals surface area contributed by atoms with Crippen molar-refractivity contribution in [2.24, 2.45) is 0 Å². The second-order valence-corrected chi connectivity index (χ2v) is 9.99. The fourth-order valence-electron chi connectivity index (χ4n) is 3.18. The first-order valence-corrected chi connectivity index (χ1v) is 10.8. The van der Waals surface area contributed by atoms with Gasteiger partial charge in [0.15, 0.2) is 0 Å². The molecule has 3 heterocycles. The number of sulfonamides is 1. The minimum absolute atomic E-state index is 0.124. The molecule has 3 N–H and O–H groups in total. The van der Waals surface area contributed by atoms with Crippen LogP contribution in [0.4, 0.5) is 5.69 Å². The van der Waals surface area contributed by atoms with E-state index >= 15 is 0 Å². The van der Waals surface area contributed by atoms with Crippen molar-refractivity contribution in [2.45, 2.75) is 23.1 Å². The molecule has 1 aliphatic heterocycles. The second-order valence-electron chi connectivity index (χ2n) is 6.16. The third kappa shape index (κ3) is 3.41. The van der Waals surface area contributed by atoms with Gasteiger partial charge in [-0.15, -0.1) is 11.3 Å². The molecule has 142 valence electrons. The molecule has 1 amide bonds. The number of amides is 1. The minimum atomic E-state index is -3.78. The van der Waals surface area contributed by atoms with Gasteiger partial charge in [0.2, 0.25) is 5.91 Å². The Labute approximate surface area is 163 Å². The third-order valence-corrected chi connectivity index (χ3v) is 8.01. The van der Waals surface area contributed by atoms with E-state index in [4.69, 9.17) is 11.6 Å². The number of benzene rings is 1. The fourth-order valence-corrected chi connectivity index (χ4v) is 6.45. The Morgan fingerprint density at radius 3 is 2.74 bits per heavy atom. The van der Waals surface area contributed by atoms with Crippen LogP contribution in [0.2, 0.25) is 4.34 Å². The zero-order chi connectivity index (χ0) is 19.2. The number of hydrogen-bond donors (Lipinski definition) is 3. The third-order valence-electron chi connectivity index (χ3n) is 4.40. The number of anilines is 1. The highest BCUT2D eigenvalue weighted by Crippen LogP contribution is 2.32. The van der Waals surface area contributed by atoms with Crippen molar-refractivity contribution in [2.75, 3.05) is 11.9 Å². The lowest BCUT2D eigenvalue weighted by Gasteiger charge is -2.22. The predicted molar refractivity (Wildman–Crippen MR) is 104 cm³/mol. The summed E-state index contributed by atoms with van der Waals surface area (Å²) in [6, 6.07) is 7.12. The Bertz CT molecular complexity index is 1180. The van der Waals surface area contributed by atoms with E-state index in [1.165, 1.54) is 16.4 Å². The van der Waals surface area contributed by atoms with Crippen LogP contribution in [0.5, 0.6) is 0 Å². The first kappa shape index (κ1) is 18.2. The van der Waals surface area contributed by atoms with Crippen molar-refractivity contribution < 1.29 is 13.2 Å². The number of carbonyl (C=O) groups excluding carboxylic acids is 1. The number of H-pyrrole nitrogens is 2. The smallest absolute Gasteiger partial charge is 0.323 e. The summed E-state index contributed by atoms with van der Waals surface area (Å²) in [7, 11) is -3.78. The van der Waals surface area contributed by atoms with E-state index in [0.717, 1.165) is 11.3 Å². The number of rotatable bonds is 4. The Morgan fingerprint density at radius 1 is 1.22 bits per heavy atom. The van der Waals surface area contributed by atoms with Gasteiger partial charge in [-0.3, -0.25) is 4.79 Å². The summed E-state index contributed by atoms with van der Waals surface area (Å²) >= 11 is 6.83. The number of halogens is 1. The molecule has 11 heteroatoms. The van der Waals surface area contributed by atoms with E-state index in [1.54, 1.807) is 18.2 Å². The number of thiophene rings is 1. The number of hydrogen-bond acceptors (Lipinski definition) is 5. The van der Waals surface area contributed by atoms with Crippen molar-refractivity contribution in [3.63, 3.8) is 0 Å². The van der Waals surface area contributed by atoms with Gasteiger partial charge in [-0.1, -0.05) is 11.6 Å². The summed E-state index contributed by atoms with van der Waals surface area (Å²) in [4.78, 5) is 29.3. The summed E-state index contributed by atoms with van der Waals surface area (Å²) in [5.41, 5.74) is 1.32. The zero-order valence-electron chi connectivity index (χ0n) is 13.9. The average Bonchev–Trinajstić information content (AvgIpc) is 3.32. The number of aromatic nitrogens is 2. The summed E-state index contributed by atoms with van der Waals surface area (Å²) in [6.45, 7) is 0.278. The standard InChI is InChI=1S/C16H15ClN4O4S2/c17-13-5-6-14(26-13)27(24,25)21-7-1-2-12(21)15(22)18-9-3-4-10-11(8-9)20-16(23)19-10/h3-6,8,12H,1-2,7H2,(H,18,22)(H2,19,20,23)/t12-/m0/s1. The van der Waals surface area contributed by atoms with E-state index in [0.29, 0.717) is 33.9 Å². The molecule has 0 unspecified atom stereocenters. The monoisotopic (exact) mass is 426 g/mol. The predicted octanol–water partition coefficient (Wildman–Crippen LogP) is 2.36. The Morgan fingerprint density at radius 2 is 2.00 bits per heavy atom. The van der Waals surface area contributed by atoms with Gasteiger partial charge >= 0.3 is 5.69 Å². The molecule has 0 saturated carbocycles. The molecular weight excluding hydrogens is 412 g/mol. The molecule has 1 aromatic carbocycles. The molecule has 0 bridgehead atoms. The van der Waals surface area contributed by atoms with Crippen molar-refractivity contribution in [1.29, 1.82) is 0 Å². The van der Waals surface area contributed by atoms with Gasteiger partial charge in [0.05, 0.1) is 15.4 Å². The highest BCUT2D eigenvalue weighted by atomic mass is 35.5. The lowest BCUT2D eigenvalue weighted by atomic mass is 10.2. The topological polar surface area (TPSA) is 115 Å². The summed E-state index contributed by atoms with van der Waals surface area (Å²) < 4.78 is 27.4. The van der Waals surface area contributed by atoms with Crippen LogP contribution in [0.25, 0.3) is 11.0 Å². The van der Waals surface area contributed by atoms with Crippen LogP contribution in [0, 0.1) is 0 Å². The summed E-state index contributed by atoms with van der Waals surface area (Å²) in [6.07, 6.45) is 1.04. The zero-order valence-corrected chi connectivity index (χ0v) is 16.2. The molecule has 2 aromatic heterocycles. The Hall–Kier alpha value is -2.14. The molecule has 1 saturated heterocycles. The van der Waals surface area contributed by atoms with Gasteiger partial charge in [-0.2, -0.15) is 4.31 Å². The molecule has 0 radical (unpaired) electrons. The van der Waals surface area contributed by atoms with Crippen LogP contribution in [-0.2, 0) is 14.8 Å². The fraction of sp³-hybridized carbons (Fsp3) is 0.250. The molecule has 8 nitrogen and oxygen atoms in total. The first-order valence-electron chi connectivity index (χ1n) is 8.15. The highest BCUT2D eigenvalue weighted by molar-refractivity contribution is 7.91. The largest absolute Gasteiger partial charge is 0.325 e. The van der Waals surface area contributed by atoms with Crippen LogP contribution in [0.1, 0.15) is 12.8 Å². The SMILES string of the molecule is O=C(Nc1ccc2[nH]c(=O)[nH]c2c1)[C@@H]1CCCN1S(=O)(=O)c1ccc(Cl)s1. The van der Waals surface area contributed by atoms with Gasteiger partial charge in [-0.05, 0) is 43.2 Å². The van der Waals surface area contributed by atoms with Gasteiger partial charge < -0.3 is 15.3 Å². The molecular formula is C16H15ClN4O4S2. The number of imidazole rings is 1. The molecule has 0 aliphatic carbocycles. The minimum Gasteiger partial charge on any atom is -0.325 e. The molecule has 3 aromatic rings. The molecule has 1 atom stereocenters. The molecule has 0 spiro atoms.